The lowest BCUT2D eigenvalue weighted by Gasteiger charge is -2.18. The molecule has 0 saturated heterocycles. The van der Waals surface area contributed by atoms with Crippen LogP contribution in [-0.4, -0.2) is 19.0 Å². The SMILES string of the molecule is COc1cc(C#N)ccc1OC(=O)C[C@@H](NC(C)=O)c1ccc(C)cc1. The molecule has 1 amide bonds. The highest BCUT2D eigenvalue weighted by molar-refractivity contribution is 5.77. The van der Waals surface area contributed by atoms with Crippen LogP contribution in [0.25, 0.3) is 0 Å². The first-order valence-corrected chi connectivity index (χ1v) is 8.05. The van der Waals surface area contributed by atoms with Crippen molar-refractivity contribution in [3.8, 4) is 17.6 Å². The second kappa shape index (κ2) is 8.67. The number of ether oxygens (including phenoxy) is 2. The number of esters is 1. The first kappa shape index (κ1) is 19.0. The fourth-order valence-corrected chi connectivity index (χ4v) is 2.45. The molecule has 26 heavy (non-hydrogen) atoms. The Morgan fingerprint density at radius 3 is 2.42 bits per heavy atom. The van der Waals surface area contributed by atoms with Crippen molar-refractivity contribution in [1.82, 2.24) is 5.32 Å². The predicted octanol–water partition coefficient (Wildman–Crippen LogP) is 3.05. The van der Waals surface area contributed by atoms with Gasteiger partial charge in [-0.3, -0.25) is 9.59 Å². The molecule has 2 rings (SSSR count). The van der Waals surface area contributed by atoms with Gasteiger partial charge >= 0.3 is 5.97 Å². The summed E-state index contributed by atoms with van der Waals surface area (Å²) >= 11 is 0. The molecule has 0 aliphatic carbocycles. The zero-order valence-electron chi connectivity index (χ0n) is 14.9. The van der Waals surface area contributed by atoms with E-state index in [-0.39, 0.29) is 18.1 Å². The molecule has 6 nitrogen and oxygen atoms in total. The minimum Gasteiger partial charge on any atom is -0.493 e. The normalized spacial score (nSPS) is 11.2. The third kappa shape index (κ3) is 5.08. The zero-order valence-corrected chi connectivity index (χ0v) is 14.9. The number of nitrogens with one attached hydrogen (secondary N) is 1. The monoisotopic (exact) mass is 352 g/mol. The van der Waals surface area contributed by atoms with Gasteiger partial charge in [-0.2, -0.15) is 5.26 Å². The summed E-state index contributed by atoms with van der Waals surface area (Å²) in [4.78, 5) is 23.9. The molecule has 1 N–H and O–H groups in total. The van der Waals surface area contributed by atoms with Gasteiger partial charge in [0.2, 0.25) is 5.91 Å². The number of hydrogen-bond acceptors (Lipinski definition) is 5. The third-order valence-electron chi connectivity index (χ3n) is 3.74. The summed E-state index contributed by atoms with van der Waals surface area (Å²) in [6.07, 6.45) is -0.0359. The van der Waals surface area contributed by atoms with Gasteiger partial charge < -0.3 is 14.8 Å². The van der Waals surface area contributed by atoms with Crippen molar-refractivity contribution in [1.29, 1.82) is 5.26 Å². The summed E-state index contributed by atoms with van der Waals surface area (Å²) in [5, 5.41) is 11.7. The molecule has 0 heterocycles. The van der Waals surface area contributed by atoms with Crippen LogP contribution in [0.4, 0.5) is 0 Å². The third-order valence-corrected chi connectivity index (χ3v) is 3.74. The van der Waals surface area contributed by atoms with E-state index < -0.39 is 12.0 Å². The van der Waals surface area contributed by atoms with Crippen LogP contribution >= 0.6 is 0 Å². The fraction of sp³-hybridized carbons (Fsp3) is 0.250. The van der Waals surface area contributed by atoms with Crippen LogP contribution in [-0.2, 0) is 9.59 Å². The van der Waals surface area contributed by atoms with E-state index >= 15 is 0 Å². The largest absolute Gasteiger partial charge is 0.493 e. The van der Waals surface area contributed by atoms with Gasteiger partial charge in [-0.25, -0.2) is 0 Å². The number of carbonyl (C=O) groups is 2. The van der Waals surface area contributed by atoms with Gasteiger partial charge in [-0.15, -0.1) is 0 Å². The minimum absolute atomic E-state index is 0.0359. The summed E-state index contributed by atoms with van der Waals surface area (Å²) in [5.41, 5.74) is 2.30. The van der Waals surface area contributed by atoms with Crippen molar-refractivity contribution in [3.63, 3.8) is 0 Å². The van der Waals surface area contributed by atoms with E-state index in [2.05, 4.69) is 5.32 Å². The average molecular weight is 352 g/mol. The van der Waals surface area contributed by atoms with Crippen molar-refractivity contribution in [2.45, 2.75) is 26.3 Å². The number of hydrogen-bond donors (Lipinski definition) is 1. The van der Waals surface area contributed by atoms with Gasteiger partial charge in [0.1, 0.15) is 0 Å². The first-order valence-electron chi connectivity index (χ1n) is 8.05. The lowest BCUT2D eigenvalue weighted by molar-refractivity contribution is -0.135. The number of benzene rings is 2. The van der Waals surface area contributed by atoms with Crippen molar-refractivity contribution >= 4 is 11.9 Å². The number of carbonyl (C=O) groups excluding carboxylic acids is 2. The standard InChI is InChI=1S/C20H20N2O4/c1-13-4-7-16(8-5-13)17(22-14(2)23)11-20(24)26-18-9-6-15(12-21)10-19(18)25-3/h4-10,17H,11H2,1-3H3,(H,22,23)/t17-/m1/s1. The summed E-state index contributed by atoms with van der Waals surface area (Å²) in [6.45, 7) is 3.36. The molecule has 0 radical (unpaired) electrons. The molecule has 2 aromatic rings. The lowest BCUT2D eigenvalue weighted by Crippen LogP contribution is -2.29. The number of rotatable bonds is 6. The molecule has 0 aliphatic rings. The van der Waals surface area contributed by atoms with Gasteiger partial charge in [0.15, 0.2) is 11.5 Å². The van der Waals surface area contributed by atoms with Crippen molar-refractivity contribution in [2.75, 3.05) is 7.11 Å². The van der Waals surface area contributed by atoms with Gasteiger partial charge in [0.05, 0.1) is 31.2 Å². The summed E-state index contributed by atoms with van der Waals surface area (Å²) in [7, 11) is 1.43. The molecule has 2 aromatic carbocycles. The van der Waals surface area contributed by atoms with Crippen molar-refractivity contribution in [2.24, 2.45) is 0 Å². The Hall–Kier alpha value is -3.33. The van der Waals surface area contributed by atoms with Crippen LogP contribution in [0.2, 0.25) is 0 Å². The lowest BCUT2D eigenvalue weighted by atomic mass is 10.0. The highest BCUT2D eigenvalue weighted by atomic mass is 16.6. The quantitative estimate of drug-likeness (QED) is 0.638. The van der Waals surface area contributed by atoms with Gasteiger partial charge in [-0.1, -0.05) is 29.8 Å². The van der Waals surface area contributed by atoms with Crippen LogP contribution < -0.4 is 14.8 Å². The minimum atomic E-state index is -0.521. The van der Waals surface area contributed by atoms with Crippen LogP contribution in [0, 0.1) is 18.3 Å². The molecule has 6 heteroatoms. The van der Waals surface area contributed by atoms with Crippen LogP contribution in [0.5, 0.6) is 11.5 Å². The summed E-state index contributed by atoms with van der Waals surface area (Å²) in [6, 6.07) is 13.6. The van der Waals surface area contributed by atoms with Gasteiger partial charge in [0, 0.05) is 13.0 Å². The molecule has 0 aromatic heterocycles. The van der Waals surface area contributed by atoms with E-state index in [1.165, 1.54) is 32.2 Å². The molecule has 0 aliphatic heterocycles. The molecule has 0 spiro atoms. The van der Waals surface area contributed by atoms with E-state index in [4.69, 9.17) is 14.7 Å². The Morgan fingerprint density at radius 1 is 1.15 bits per heavy atom. The van der Waals surface area contributed by atoms with Crippen LogP contribution in [0.15, 0.2) is 42.5 Å². The van der Waals surface area contributed by atoms with E-state index in [0.29, 0.717) is 11.3 Å². The first-order chi connectivity index (χ1) is 12.4. The number of amides is 1. The number of aryl methyl sites for hydroxylation is 1. The Morgan fingerprint density at radius 2 is 1.85 bits per heavy atom. The van der Waals surface area contributed by atoms with Crippen LogP contribution in [0.3, 0.4) is 0 Å². The summed E-state index contributed by atoms with van der Waals surface area (Å²) < 4.78 is 10.5. The second-order valence-corrected chi connectivity index (χ2v) is 5.82. The Bertz CT molecular complexity index is 838. The second-order valence-electron chi connectivity index (χ2n) is 5.82. The Labute approximate surface area is 152 Å². The van der Waals surface area contributed by atoms with E-state index in [9.17, 15) is 9.59 Å². The zero-order chi connectivity index (χ0) is 19.1. The molecule has 0 bridgehead atoms. The Kier molecular flexibility index (Phi) is 6.34. The topological polar surface area (TPSA) is 88.4 Å². The molecular weight excluding hydrogens is 332 g/mol. The van der Waals surface area contributed by atoms with Crippen LogP contribution in [0.1, 0.15) is 36.1 Å². The number of methoxy groups -OCH3 is 1. The van der Waals surface area contributed by atoms with Gasteiger partial charge in [-0.05, 0) is 24.6 Å². The predicted molar refractivity (Wildman–Crippen MR) is 95.7 cm³/mol. The number of nitriles is 1. The maximum absolute atomic E-state index is 12.4. The molecule has 0 fully saturated rings. The van der Waals surface area contributed by atoms with Crippen molar-refractivity contribution < 1.29 is 19.1 Å². The van der Waals surface area contributed by atoms with Gasteiger partial charge in [0.25, 0.3) is 0 Å². The van der Waals surface area contributed by atoms with E-state index in [1.807, 2.05) is 37.3 Å². The maximum Gasteiger partial charge on any atom is 0.313 e. The molecule has 1 atom stereocenters. The summed E-state index contributed by atoms with van der Waals surface area (Å²) in [5.74, 6) is -0.238. The average Bonchev–Trinajstić information content (AvgIpc) is 2.61. The molecule has 0 saturated carbocycles. The Balaban J connectivity index is 2.16. The number of nitrogens with zero attached hydrogens (tertiary/aromatic N) is 1. The maximum atomic E-state index is 12.4. The fourth-order valence-electron chi connectivity index (χ4n) is 2.45. The molecule has 0 unspecified atom stereocenters. The van der Waals surface area contributed by atoms with E-state index in [0.717, 1.165) is 11.1 Å². The van der Waals surface area contributed by atoms with E-state index in [1.54, 1.807) is 0 Å². The smallest absolute Gasteiger partial charge is 0.313 e. The molecule has 134 valence electrons. The molecular formula is C20H20N2O4. The van der Waals surface area contributed by atoms with Crippen molar-refractivity contribution in [3.05, 3.63) is 59.2 Å². The highest BCUT2D eigenvalue weighted by Crippen LogP contribution is 2.29. The highest BCUT2D eigenvalue weighted by Gasteiger charge is 2.20.